The molecular formula is C8H10ClN5O4. The molecule has 1 rings (SSSR count). The number of carbonyl (C=O) groups excluding carboxylic acids is 1. The zero-order valence-corrected chi connectivity index (χ0v) is 10.1. The van der Waals surface area contributed by atoms with Crippen LogP contribution in [0.5, 0.6) is 6.01 Å². The fourth-order valence-electron chi connectivity index (χ4n) is 0.898. The van der Waals surface area contributed by atoms with Crippen LogP contribution in [0.15, 0.2) is 0 Å². The van der Waals surface area contributed by atoms with Crippen molar-refractivity contribution in [2.45, 2.75) is 0 Å². The SMILES string of the molecule is COc1nc(Cl)nc(NCC(=O)NCC(=O)O)n1. The number of amides is 1. The van der Waals surface area contributed by atoms with Gasteiger partial charge in [-0.15, -0.1) is 0 Å². The van der Waals surface area contributed by atoms with E-state index in [-0.39, 0.29) is 23.8 Å². The maximum Gasteiger partial charge on any atom is 0.322 e. The highest BCUT2D eigenvalue weighted by atomic mass is 35.5. The molecular weight excluding hydrogens is 266 g/mol. The molecule has 1 amide bonds. The Kier molecular flexibility index (Phi) is 5.06. The second kappa shape index (κ2) is 6.55. The highest BCUT2D eigenvalue weighted by Gasteiger charge is 2.07. The second-order valence-corrected chi connectivity index (χ2v) is 3.28. The Bertz CT molecular complexity index is 455. The molecule has 0 fully saturated rings. The van der Waals surface area contributed by atoms with Gasteiger partial charge in [-0.2, -0.15) is 15.0 Å². The summed E-state index contributed by atoms with van der Waals surface area (Å²) in [6, 6.07) is 0.00319. The first-order valence-corrected chi connectivity index (χ1v) is 5.07. The van der Waals surface area contributed by atoms with Gasteiger partial charge in [0.15, 0.2) is 0 Å². The molecule has 1 aromatic rings. The van der Waals surface area contributed by atoms with Crippen LogP contribution in [-0.4, -0.2) is 52.1 Å². The van der Waals surface area contributed by atoms with Crippen LogP contribution in [0.2, 0.25) is 5.28 Å². The van der Waals surface area contributed by atoms with Crippen molar-refractivity contribution >= 4 is 29.4 Å². The van der Waals surface area contributed by atoms with Gasteiger partial charge >= 0.3 is 12.0 Å². The number of halogens is 1. The quantitative estimate of drug-likeness (QED) is 0.612. The molecule has 0 aliphatic rings. The van der Waals surface area contributed by atoms with Crippen LogP contribution in [0, 0.1) is 0 Å². The number of carboxylic acids is 1. The Hall–Kier alpha value is -2.16. The molecule has 0 saturated heterocycles. The number of aromatic nitrogens is 3. The third kappa shape index (κ3) is 4.78. The number of hydrogen-bond acceptors (Lipinski definition) is 7. The Morgan fingerprint density at radius 2 is 2.06 bits per heavy atom. The summed E-state index contributed by atoms with van der Waals surface area (Å²) in [5, 5.41) is 13.0. The molecule has 0 aromatic carbocycles. The van der Waals surface area contributed by atoms with Crippen LogP contribution in [-0.2, 0) is 9.59 Å². The summed E-state index contributed by atoms with van der Waals surface area (Å²) in [5.41, 5.74) is 0. The average molecular weight is 276 g/mol. The third-order valence-electron chi connectivity index (χ3n) is 1.61. The number of nitrogens with one attached hydrogen (secondary N) is 2. The third-order valence-corrected chi connectivity index (χ3v) is 1.78. The van der Waals surface area contributed by atoms with E-state index in [2.05, 4.69) is 25.6 Å². The number of carboxylic acid groups (broad SMARTS) is 1. The molecule has 0 aliphatic heterocycles. The Labute approximate surface area is 107 Å². The molecule has 0 saturated carbocycles. The highest BCUT2D eigenvalue weighted by molar-refractivity contribution is 6.28. The Morgan fingerprint density at radius 3 is 2.67 bits per heavy atom. The largest absolute Gasteiger partial charge is 0.480 e. The van der Waals surface area contributed by atoms with Gasteiger partial charge in [0.2, 0.25) is 17.1 Å². The number of aliphatic carboxylic acids is 1. The van der Waals surface area contributed by atoms with Gasteiger partial charge < -0.3 is 20.5 Å². The lowest BCUT2D eigenvalue weighted by molar-refractivity contribution is -0.137. The summed E-state index contributed by atoms with van der Waals surface area (Å²) in [4.78, 5) is 32.5. The molecule has 9 nitrogen and oxygen atoms in total. The van der Waals surface area contributed by atoms with E-state index in [1.807, 2.05) is 0 Å². The molecule has 0 unspecified atom stereocenters. The van der Waals surface area contributed by atoms with Crippen LogP contribution in [0.1, 0.15) is 0 Å². The molecule has 98 valence electrons. The van der Waals surface area contributed by atoms with Gasteiger partial charge in [-0.1, -0.05) is 0 Å². The van der Waals surface area contributed by atoms with Crippen molar-refractivity contribution in [1.29, 1.82) is 0 Å². The first kappa shape index (κ1) is 13.9. The van der Waals surface area contributed by atoms with Crippen molar-refractivity contribution in [3.8, 4) is 6.01 Å². The number of rotatable bonds is 6. The van der Waals surface area contributed by atoms with Crippen molar-refractivity contribution in [1.82, 2.24) is 20.3 Å². The lowest BCUT2D eigenvalue weighted by atomic mass is 10.5. The van der Waals surface area contributed by atoms with Gasteiger partial charge in [0.25, 0.3) is 0 Å². The molecule has 18 heavy (non-hydrogen) atoms. The number of anilines is 1. The highest BCUT2D eigenvalue weighted by Crippen LogP contribution is 2.10. The molecule has 1 heterocycles. The van der Waals surface area contributed by atoms with Crippen LogP contribution in [0.25, 0.3) is 0 Å². The lowest BCUT2D eigenvalue weighted by Gasteiger charge is -2.05. The Balaban J connectivity index is 2.50. The number of ether oxygens (including phenoxy) is 1. The van der Waals surface area contributed by atoms with E-state index in [0.717, 1.165) is 0 Å². The minimum Gasteiger partial charge on any atom is -0.480 e. The summed E-state index contributed by atoms with van der Waals surface area (Å²) >= 11 is 5.59. The summed E-state index contributed by atoms with van der Waals surface area (Å²) < 4.78 is 4.76. The van der Waals surface area contributed by atoms with Crippen molar-refractivity contribution in [3.63, 3.8) is 0 Å². The smallest absolute Gasteiger partial charge is 0.322 e. The average Bonchev–Trinajstić information content (AvgIpc) is 2.33. The van der Waals surface area contributed by atoms with Crippen LogP contribution in [0.4, 0.5) is 5.95 Å². The zero-order chi connectivity index (χ0) is 13.5. The molecule has 10 heteroatoms. The van der Waals surface area contributed by atoms with E-state index < -0.39 is 18.4 Å². The van der Waals surface area contributed by atoms with Gasteiger partial charge in [-0.05, 0) is 11.6 Å². The number of nitrogens with zero attached hydrogens (tertiary/aromatic N) is 3. The minimum absolute atomic E-state index is 0.00319. The van der Waals surface area contributed by atoms with Crippen molar-refractivity contribution in [2.24, 2.45) is 0 Å². The first-order valence-electron chi connectivity index (χ1n) is 4.69. The maximum absolute atomic E-state index is 11.2. The number of hydrogen-bond donors (Lipinski definition) is 3. The topological polar surface area (TPSA) is 126 Å². The Morgan fingerprint density at radius 1 is 1.33 bits per heavy atom. The fourth-order valence-corrected chi connectivity index (χ4v) is 1.05. The van der Waals surface area contributed by atoms with Gasteiger partial charge in [0.05, 0.1) is 13.7 Å². The van der Waals surface area contributed by atoms with Gasteiger partial charge in [0, 0.05) is 0 Å². The molecule has 0 aliphatic carbocycles. The van der Waals surface area contributed by atoms with E-state index in [1.54, 1.807) is 0 Å². The molecule has 0 spiro atoms. The second-order valence-electron chi connectivity index (χ2n) is 2.94. The standard InChI is InChI=1S/C8H10ClN5O4/c1-18-8-13-6(9)12-7(14-8)11-2-4(15)10-3-5(16)17/h2-3H2,1H3,(H,10,15)(H,16,17)(H,11,12,13,14). The zero-order valence-electron chi connectivity index (χ0n) is 9.31. The monoisotopic (exact) mass is 275 g/mol. The number of methoxy groups -OCH3 is 1. The minimum atomic E-state index is -1.13. The first-order chi connectivity index (χ1) is 8.51. The van der Waals surface area contributed by atoms with Crippen LogP contribution >= 0.6 is 11.6 Å². The van der Waals surface area contributed by atoms with Gasteiger partial charge in [0.1, 0.15) is 6.54 Å². The normalized spacial score (nSPS) is 9.67. The van der Waals surface area contributed by atoms with Crippen LogP contribution in [0.3, 0.4) is 0 Å². The molecule has 1 aromatic heterocycles. The van der Waals surface area contributed by atoms with E-state index >= 15 is 0 Å². The van der Waals surface area contributed by atoms with Crippen LogP contribution < -0.4 is 15.4 Å². The van der Waals surface area contributed by atoms with Crippen molar-refractivity contribution in [2.75, 3.05) is 25.5 Å². The fraction of sp³-hybridized carbons (Fsp3) is 0.375. The maximum atomic E-state index is 11.2. The number of carbonyl (C=O) groups is 2. The molecule has 3 N–H and O–H groups in total. The van der Waals surface area contributed by atoms with Gasteiger partial charge in [-0.3, -0.25) is 9.59 Å². The summed E-state index contributed by atoms with van der Waals surface area (Å²) in [7, 11) is 1.36. The molecule has 0 bridgehead atoms. The molecule has 0 radical (unpaired) electrons. The van der Waals surface area contributed by atoms with Gasteiger partial charge in [-0.25, -0.2) is 0 Å². The van der Waals surface area contributed by atoms with Crippen molar-refractivity contribution < 1.29 is 19.4 Å². The predicted molar refractivity (Wildman–Crippen MR) is 60.5 cm³/mol. The summed E-state index contributed by atoms with van der Waals surface area (Å²) in [6.45, 7) is -0.654. The van der Waals surface area contributed by atoms with E-state index in [1.165, 1.54) is 7.11 Å². The summed E-state index contributed by atoms with van der Waals surface area (Å²) in [5.74, 6) is -1.60. The predicted octanol–water partition coefficient (Wildman–Crippen LogP) is -0.854. The lowest BCUT2D eigenvalue weighted by Crippen LogP contribution is -2.34. The van der Waals surface area contributed by atoms with E-state index in [0.29, 0.717) is 0 Å². The summed E-state index contributed by atoms with van der Waals surface area (Å²) in [6.07, 6.45) is 0. The van der Waals surface area contributed by atoms with E-state index in [4.69, 9.17) is 21.4 Å². The van der Waals surface area contributed by atoms with E-state index in [9.17, 15) is 9.59 Å². The van der Waals surface area contributed by atoms with Crippen molar-refractivity contribution in [3.05, 3.63) is 5.28 Å². The molecule has 0 atom stereocenters.